The number of nitrogens with zero attached hydrogens (tertiary/aromatic N) is 1. The van der Waals surface area contributed by atoms with E-state index in [4.69, 9.17) is 18.9 Å². The van der Waals surface area contributed by atoms with Crippen LogP contribution >= 0.6 is 0 Å². The Morgan fingerprint density at radius 1 is 1.00 bits per heavy atom. The van der Waals surface area contributed by atoms with Crippen LogP contribution in [-0.2, 0) is 6.42 Å². The average Bonchev–Trinajstić information content (AvgIpc) is 3.14. The predicted octanol–water partition coefficient (Wildman–Crippen LogP) is 2.07. The molecule has 1 N–H and O–H groups in total. The minimum atomic E-state index is -0.606. The maximum atomic E-state index is 12.5. The molecule has 0 radical (unpaired) electrons. The van der Waals surface area contributed by atoms with E-state index in [2.05, 4.69) is 5.32 Å². The molecule has 0 aliphatic carbocycles. The van der Waals surface area contributed by atoms with Crippen LogP contribution in [0.1, 0.15) is 15.9 Å². The third kappa shape index (κ3) is 3.43. The molecule has 0 fully saturated rings. The molecule has 140 valence electrons. The number of carbonyl (C=O) groups excluding carboxylic acids is 1. The quantitative estimate of drug-likeness (QED) is 0.632. The number of rotatable bonds is 5. The largest absolute Gasteiger partial charge is 0.486 e. The van der Waals surface area contributed by atoms with E-state index in [1.165, 1.54) is 12.1 Å². The lowest BCUT2D eigenvalue weighted by atomic mass is 10.1. The van der Waals surface area contributed by atoms with Crippen molar-refractivity contribution in [3.63, 3.8) is 0 Å². The summed E-state index contributed by atoms with van der Waals surface area (Å²) in [6.07, 6.45) is 0.542. The highest BCUT2D eigenvalue weighted by molar-refractivity contribution is 5.99. The van der Waals surface area contributed by atoms with Crippen molar-refractivity contribution in [1.29, 1.82) is 0 Å². The first-order chi connectivity index (χ1) is 13.1. The van der Waals surface area contributed by atoms with Gasteiger partial charge in [0.1, 0.15) is 18.8 Å². The van der Waals surface area contributed by atoms with Gasteiger partial charge in [-0.25, -0.2) is 0 Å². The molecule has 0 bridgehead atoms. The number of ether oxygens (including phenoxy) is 4. The zero-order valence-electron chi connectivity index (χ0n) is 14.2. The van der Waals surface area contributed by atoms with Gasteiger partial charge in [-0.3, -0.25) is 14.9 Å². The van der Waals surface area contributed by atoms with Gasteiger partial charge in [0.15, 0.2) is 23.0 Å². The summed E-state index contributed by atoms with van der Waals surface area (Å²) in [6.45, 7) is 1.15. The van der Waals surface area contributed by atoms with Gasteiger partial charge in [0, 0.05) is 12.6 Å². The molecular formula is C18H16N2O7. The van der Waals surface area contributed by atoms with Crippen molar-refractivity contribution in [2.75, 3.05) is 26.6 Å². The zero-order valence-corrected chi connectivity index (χ0v) is 14.2. The Morgan fingerprint density at radius 2 is 1.70 bits per heavy atom. The van der Waals surface area contributed by atoms with Crippen LogP contribution < -0.4 is 24.3 Å². The van der Waals surface area contributed by atoms with Crippen LogP contribution in [0.4, 0.5) is 5.69 Å². The molecule has 1 amide bonds. The summed E-state index contributed by atoms with van der Waals surface area (Å²) in [5.74, 6) is 1.41. The van der Waals surface area contributed by atoms with E-state index in [1.807, 2.05) is 18.2 Å². The van der Waals surface area contributed by atoms with Crippen molar-refractivity contribution in [2.24, 2.45) is 0 Å². The topological polar surface area (TPSA) is 109 Å². The second-order valence-corrected chi connectivity index (χ2v) is 5.96. The number of nitrogens with one attached hydrogen (secondary N) is 1. The number of hydrogen-bond acceptors (Lipinski definition) is 7. The molecule has 0 saturated heterocycles. The van der Waals surface area contributed by atoms with Gasteiger partial charge in [-0.05, 0) is 24.1 Å². The van der Waals surface area contributed by atoms with E-state index < -0.39 is 10.8 Å². The molecule has 2 aromatic carbocycles. The van der Waals surface area contributed by atoms with Crippen LogP contribution in [0.2, 0.25) is 0 Å². The maximum absolute atomic E-state index is 12.5. The van der Waals surface area contributed by atoms with E-state index in [1.54, 1.807) is 0 Å². The van der Waals surface area contributed by atoms with Crippen molar-refractivity contribution >= 4 is 11.6 Å². The Morgan fingerprint density at radius 3 is 2.48 bits per heavy atom. The predicted molar refractivity (Wildman–Crippen MR) is 92.7 cm³/mol. The van der Waals surface area contributed by atoms with E-state index in [0.717, 1.165) is 5.56 Å². The van der Waals surface area contributed by atoms with Gasteiger partial charge >= 0.3 is 0 Å². The molecule has 2 aromatic rings. The summed E-state index contributed by atoms with van der Waals surface area (Å²) in [5.41, 5.74) is 0.575. The minimum Gasteiger partial charge on any atom is -0.486 e. The van der Waals surface area contributed by atoms with Crippen molar-refractivity contribution in [3.05, 3.63) is 51.6 Å². The Balaban J connectivity index is 1.45. The van der Waals surface area contributed by atoms with Crippen LogP contribution in [0.25, 0.3) is 0 Å². The van der Waals surface area contributed by atoms with Crippen LogP contribution in [-0.4, -0.2) is 37.4 Å². The molecule has 9 heteroatoms. The molecule has 2 aliphatic heterocycles. The fourth-order valence-electron chi connectivity index (χ4n) is 2.92. The molecular weight excluding hydrogens is 356 g/mol. The van der Waals surface area contributed by atoms with E-state index >= 15 is 0 Å². The van der Waals surface area contributed by atoms with Crippen LogP contribution in [0.3, 0.4) is 0 Å². The molecule has 0 atom stereocenters. The molecule has 0 unspecified atom stereocenters. The van der Waals surface area contributed by atoms with Crippen molar-refractivity contribution in [2.45, 2.75) is 6.42 Å². The standard InChI is InChI=1S/C18H16N2O7/c21-18(19-4-3-11-1-2-14-15(7-11)27-10-26-14)12-8-16-17(25-6-5-24-16)9-13(12)20(22)23/h1-2,7-9H,3-6,10H2,(H,19,21). The van der Waals surface area contributed by atoms with Crippen molar-refractivity contribution in [1.82, 2.24) is 5.32 Å². The monoisotopic (exact) mass is 372 g/mol. The number of hydrogen-bond donors (Lipinski definition) is 1. The highest BCUT2D eigenvalue weighted by Gasteiger charge is 2.26. The highest BCUT2D eigenvalue weighted by atomic mass is 16.7. The van der Waals surface area contributed by atoms with Gasteiger partial charge in [0.25, 0.3) is 11.6 Å². The summed E-state index contributed by atoms with van der Waals surface area (Å²) >= 11 is 0. The van der Waals surface area contributed by atoms with Crippen LogP contribution in [0.5, 0.6) is 23.0 Å². The van der Waals surface area contributed by atoms with Crippen LogP contribution in [0.15, 0.2) is 30.3 Å². The van der Waals surface area contributed by atoms with Gasteiger partial charge in [0.05, 0.1) is 11.0 Å². The van der Waals surface area contributed by atoms with E-state index in [-0.39, 0.29) is 23.8 Å². The average molecular weight is 372 g/mol. The number of nitro benzene ring substituents is 1. The normalized spacial score (nSPS) is 13.9. The molecule has 9 nitrogen and oxygen atoms in total. The highest BCUT2D eigenvalue weighted by Crippen LogP contribution is 2.36. The summed E-state index contributed by atoms with van der Waals surface area (Å²) in [5, 5.41) is 14.0. The van der Waals surface area contributed by atoms with Gasteiger partial charge in [-0.2, -0.15) is 0 Å². The van der Waals surface area contributed by atoms with Gasteiger partial charge in [-0.15, -0.1) is 0 Å². The first-order valence-corrected chi connectivity index (χ1v) is 8.36. The zero-order chi connectivity index (χ0) is 18.8. The summed E-state index contributed by atoms with van der Waals surface area (Å²) < 4.78 is 21.3. The van der Waals surface area contributed by atoms with E-state index in [9.17, 15) is 14.9 Å². The molecule has 2 aliphatic rings. The third-order valence-electron chi connectivity index (χ3n) is 4.24. The van der Waals surface area contributed by atoms with Gasteiger partial charge in [0.2, 0.25) is 6.79 Å². The molecule has 0 saturated carbocycles. The Labute approximate surface area is 153 Å². The Hall–Kier alpha value is -3.49. The van der Waals surface area contributed by atoms with Crippen molar-refractivity contribution < 1.29 is 28.7 Å². The lowest BCUT2D eigenvalue weighted by Crippen LogP contribution is -2.27. The third-order valence-corrected chi connectivity index (χ3v) is 4.24. The number of benzene rings is 2. The maximum Gasteiger partial charge on any atom is 0.286 e. The second-order valence-electron chi connectivity index (χ2n) is 5.96. The number of carbonyl (C=O) groups is 1. The SMILES string of the molecule is O=C(NCCc1ccc2c(c1)OCO2)c1cc2c(cc1[N+](=O)[O-])OCCO2. The van der Waals surface area contributed by atoms with Gasteiger partial charge < -0.3 is 24.3 Å². The smallest absolute Gasteiger partial charge is 0.286 e. The minimum absolute atomic E-state index is 0.0602. The Bertz CT molecular complexity index is 913. The lowest BCUT2D eigenvalue weighted by Gasteiger charge is -2.18. The van der Waals surface area contributed by atoms with E-state index in [0.29, 0.717) is 43.4 Å². The number of fused-ring (bicyclic) bond motifs is 2. The molecule has 4 rings (SSSR count). The van der Waals surface area contributed by atoms with Crippen molar-refractivity contribution in [3.8, 4) is 23.0 Å². The lowest BCUT2D eigenvalue weighted by molar-refractivity contribution is -0.385. The van der Waals surface area contributed by atoms with Crippen LogP contribution in [0, 0.1) is 10.1 Å². The molecule has 0 aromatic heterocycles. The fraction of sp³-hybridized carbons (Fsp3) is 0.278. The Kier molecular flexibility index (Phi) is 4.41. The fourth-order valence-corrected chi connectivity index (χ4v) is 2.92. The van der Waals surface area contributed by atoms with Gasteiger partial charge in [-0.1, -0.05) is 6.07 Å². The summed E-state index contributed by atoms with van der Waals surface area (Å²) in [4.78, 5) is 23.2. The summed E-state index contributed by atoms with van der Waals surface area (Å²) in [6, 6.07) is 8.11. The summed E-state index contributed by atoms with van der Waals surface area (Å²) in [7, 11) is 0. The molecule has 0 spiro atoms. The second kappa shape index (κ2) is 7.02. The first-order valence-electron chi connectivity index (χ1n) is 8.36. The first kappa shape index (κ1) is 17.0. The number of amides is 1. The molecule has 27 heavy (non-hydrogen) atoms. The molecule has 2 heterocycles. The number of nitro groups is 1.